The molecule has 104 valence electrons. The normalized spacial score (nSPS) is 10.2. The Bertz CT molecular complexity index is 409. The fraction of sp³-hybridized carbons (Fsp3) is 0.467. The quantitative estimate of drug-likeness (QED) is 0.422. The van der Waals surface area contributed by atoms with Crippen molar-refractivity contribution < 1.29 is 19.4 Å². The van der Waals surface area contributed by atoms with E-state index in [0.29, 0.717) is 24.2 Å². The molecule has 0 saturated carbocycles. The molecule has 4 heteroatoms. The van der Waals surface area contributed by atoms with E-state index in [1.165, 1.54) is 0 Å². The Balaban J connectivity index is 2.38. The number of aliphatic hydroxyl groups excluding tert-OH is 1. The highest BCUT2D eigenvalue weighted by molar-refractivity contribution is 6.07. The maximum absolute atomic E-state index is 11.8. The minimum Gasteiger partial charge on any atom is -0.497 e. The predicted molar refractivity (Wildman–Crippen MR) is 72.5 cm³/mol. The lowest BCUT2D eigenvalue weighted by Crippen LogP contribution is -2.08. The van der Waals surface area contributed by atoms with Crippen molar-refractivity contribution in [3.8, 4) is 5.75 Å². The van der Waals surface area contributed by atoms with Crippen LogP contribution in [0.2, 0.25) is 0 Å². The van der Waals surface area contributed by atoms with Gasteiger partial charge in [-0.15, -0.1) is 0 Å². The van der Waals surface area contributed by atoms with E-state index in [-0.39, 0.29) is 24.6 Å². The number of ether oxygens (including phenoxy) is 1. The van der Waals surface area contributed by atoms with Crippen LogP contribution in [0.25, 0.3) is 0 Å². The Morgan fingerprint density at radius 2 is 1.79 bits per heavy atom. The smallest absolute Gasteiger partial charge is 0.170 e. The number of unbranched alkanes of at least 4 members (excludes halogenated alkanes) is 2. The lowest BCUT2D eigenvalue weighted by atomic mass is 10.0. The fourth-order valence-corrected chi connectivity index (χ4v) is 1.76. The second-order valence-corrected chi connectivity index (χ2v) is 4.40. The largest absolute Gasteiger partial charge is 0.497 e. The molecule has 0 aliphatic carbocycles. The summed E-state index contributed by atoms with van der Waals surface area (Å²) in [7, 11) is 1.56. The summed E-state index contributed by atoms with van der Waals surface area (Å²) in [6, 6.07) is 6.75. The molecule has 0 aliphatic heterocycles. The van der Waals surface area contributed by atoms with Gasteiger partial charge in [-0.1, -0.05) is 6.42 Å². The highest BCUT2D eigenvalue weighted by Gasteiger charge is 2.11. The first-order valence-electron chi connectivity index (χ1n) is 6.47. The number of carbonyl (C=O) groups excluding carboxylic acids is 2. The lowest BCUT2D eigenvalue weighted by Gasteiger charge is -2.03. The molecule has 0 spiro atoms. The van der Waals surface area contributed by atoms with Gasteiger partial charge in [-0.05, 0) is 37.1 Å². The molecule has 1 N–H and O–H groups in total. The van der Waals surface area contributed by atoms with Crippen LogP contribution in [0.4, 0.5) is 0 Å². The molecule has 0 saturated heterocycles. The molecule has 0 fully saturated rings. The van der Waals surface area contributed by atoms with Crippen LogP contribution >= 0.6 is 0 Å². The molecule has 1 rings (SSSR count). The third kappa shape index (κ3) is 5.66. The molecule has 1 aromatic carbocycles. The van der Waals surface area contributed by atoms with E-state index in [9.17, 15) is 9.59 Å². The number of ketones is 2. The molecular weight excluding hydrogens is 244 g/mol. The summed E-state index contributed by atoms with van der Waals surface area (Å²) in [5.41, 5.74) is 0.532. The number of methoxy groups -OCH3 is 1. The van der Waals surface area contributed by atoms with Crippen LogP contribution in [0, 0.1) is 0 Å². The number of hydrogen-bond acceptors (Lipinski definition) is 4. The maximum Gasteiger partial charge on any atom is 0.170 e. The first kappa shape index (κ1) is 15.4. The van der Waals surface area contributed by atoms with Gasteiger partial charge < -0.3 is 9.84 Å². The summed E-state index contributed by atoms with van der Waals surface area (Å²) in [6.45, 7) is 0.152. The number of aliphatic hydroxyl groups is 1. The van der Waals surface area contributed by atoms with Crippen LogP contribution < -0.4 is 4.74 Å². The van der Waals surface area contributed by atoms with Crippen molar-refractivity contribution in [1.82, 2.24) is 0 Å². The van der Waals surface area contributed by atoms with Gasteiger partial charge in [-0.25, -0.2) is 0 Å². The van der Waals surface area contributed by atoms with E-state index in [2.05, 4.69) is 0 Å². The zero-order valence-corrected chi connectivity index (χ0v) is 11.2. The third-order valence-corrected chi connectivity index (χ3v) is 2.88. The molecule has 4 nitrogen and oxygen atoms in total. The Kier molecular flexibility index (Phi) is 6.82. The number of Topliss-reactive ketones (excluding diaryl/α,β-unsaturated/α-hetero) is 2. The van der Waals surface area contributed by atoms with Crippen LogP contribution in [0.5, 0.6) is 5.75 Å². The van der Waals surface area contributed by atoms with Crippen molar-refractivity contribution >= 4 is 11.6 Å². The Morgan fingerprint density at radius 1 is 1.11 bits per heavy atom. The number of rotatable bonds is 9. The van der Waals surface area contributed by atoms with Gasteiger partial charge in [0, 0.05) is 18.6 Å². The molecule has 0 aromatic heterocycles. The van der Waals surface area contributed by atoms with Gasteiger partial charge in [0.05, 0.1) is 13.5 Å². The Morgan fingerprint density at radius 3 is 2.37 bits per heavy atom. The molecule has 0 unspecified atom stereocenters. The molecule has 0 atom stereocenters. The van der Waals surface area contributed by atoms with Crippen LogP contribution in [0.1, 0.15) is 42.5 Å². The van der Waals surface area contributed by atoms with E-state index >= 15 is 0 Å². The van der Waals surface area contributed by atoms with Crippen molar-refractivity contribution in [1.29, 1.82) is 0 Å². The summed E-state index contributed by atoms with van der Waals surface area (Å²) >= 11 is 0. The highest BCUT2D eigenvalue weighted by atomic mass is 16.5. The van der Waals surface area contributed by atoms with E-state index in [4.69, 9.17) is 9.84 Å². The van der Waals surface area contributed by atoms with Crippen molar-refractivity contribution in [2.75, 3.05) is 13.7 Å². The first-order chi connectivity index (χ1) is 9.17. The number of hydrogen-bond donors (Lipinski definition) is 1. The minimum absolute atomic E-state index is 0.0428. The number of benzene rings is 1. The number of carbonyl (C=O) groups is 2. The summed E-state index contributed by atoms with van der Waals surface area (Å²) in [5.74, 6) is 0.487. The van der Waals surface area contributed by atoms with E-state index in [1.807, 2.05) is 0 Å². The zero-order valence-electron chi connectivity index (χ0n) is 11.2. The third-order valence-electron chi connectivity index (χ3n) is 2.88. The van der Waals surface area contributed by atoms with Gasteiger partial charge in [0.2, 0.25) is 0 Å². The lowest BCUT2D eigenvalue weighted by molar-refractivity contribution is -0.118. The second-order valence-electron chi connectivity index (χ2n) is 4.40. The standard InChI is InChI=1S/C15H20O4/c1-19-14-8-6-12(7-9-14)15(18)11-13(17)5-3-2-4-10-16/h6-9,16H,2-5,10-11H2,1H3. The molecule has 0 amide bonds. The van der Waals surface area contributed by atoms with Gasteiger partial charge in [-0.3, -0.25) is 9.59 Å². The average molecular weight is 264 g/mol. The second kappa shape index (κ2) is 8.43. The minimum atomic E-state index is -0.158. The van der Waals surface area contributed by atoms with E-state index < -0.39 is 0 Å². The van der Waals surface area contributed by atoms with Gasteiger partial charge in [0.15, 0.2) is 5.78 Å². The predicted octanol–water partition coefficient (Wildman–Crippen LogP) is 2.39. The van der Waals surface area contributed by atoms with Crippen molar-refractivity contribution in [3.63, 3.8) is 0 Å². The van der Waals surface area contributed by atoms with Gasteiger partial charge in [0.1, 0.15) is 11.5 Å². The monoisotopic (exact) mass is 264 g/mol. The van der Waals surface area contributed by atoms with E-state index in [1.54, 1.807) is 31.4 Å². The topological polar surface area (TPSA) is 63.6 Å². The van der Waals surface area contributed by atoms with Gasteiger partial charge in [-0.2, -0.15) is 0 Å². The van der Waals surface area contributed by atoms with Crippen molar-refractivity contribution in [3.05, 3.63) is 29.8 Å². The summed E-state index contributed by atoms with van der Waals surface area (Å²) in [5, 5.41) is 8.62. The van der Waals surface area contributed by atoms with E-state index in [0.717, 1.165) is 12.8 Å². The Hall–Kier alpha value is -1.68. The van der Waals surface area contributed by atoms with Crippen LogP contribution in [0.15, 0.2) is 24.3 Å². The SMILES string of the molecule is COc1ccc(C(=O)CC(=O)CCCCCO)cc1. The first-order valence-corrected chi connectivity index (χ1v) is 6.47. The summed E-state index contributed by atoms with van der Waals surface area (Å²) < 4.78 is 5.01. The molecule has 0 heterocycles. The van der Waals surface area contributed by atoms with Crippen LogP contribution in [-0.4, -0.2) is 30.4 Å². The summed E-state index contributed by atoms with van der Waals surface area (Å²) in [4.78, 5) is 23.4. The zero-order chi connectivity index (χ0) is 14.1. The van der Waals surface area contributed by atoms with Crippen LogP contribution in [0.3, 0.4) is 0 Å². The molecule has 0 aliphatic rings. The molecule has 19 heavy (non-hydrogen) atoms. The van der Waals surface area contributed by atoms with Gasteiger partial charge in [0.25, 0.3) is 0 Å². The van der Waals surface area contributed by atoms with Crippen molar-refractivity contribution in [2.45, 2.75) is 32.1 Å². The highest BCUT2D eigenvalue weighted by Crippen LogP contribution is 2.13. The van der Waals surface area contributed by atoms with Gasteiger partial charge >= 0.3 is 0 Å². The molecular formula is C15H20O4. The van der Waals surface area contributed by atoms with Crippen LogP contribution in [-0.2, 0) is 4.79 Å². The maximum atomic E-state index is 11.8. The Labute approximate surface area is 113 Å². The molecule has 0 bridgehead atoms. The van der Waals surface area contributed by atoms with Crippen molar-refractivity contribution in [2.24, 2.45) is 0 Å². The fourth-order valence-electron chi connectivity index (χ4n) is 1.76. The summed E-state index contributed by atoms with van der Waals surface area (Å²) in [6.07, 6.45) is 2.61. The molecule has 1 aromatic rings. The average Bonchev–Trinajstić information content (AvgIpc) is 2.43. The molecule has 0 radical (unpaired) electrons.